The van der Waals surface area contributed by atoms with Gasteiger partial charge in [0.1, 0.15) is 0 Å². The molecule has 1 aromatic rings. The van der Waals surface area contributed by atoms with Gasteiger partial charge in [0.25, 0.3) is 0 Å². The summed E-state index contributed by atoms with van der Waals surface area (Å²) >= 11 is 0. The van der Waals surface area contributed by atoms with Crippen LogP contribution in [0.1, 0.15) is 24.5 Å². The molecule has 4 nitrogen and oxygen atoms in total. The Morgan fingerprint density at radius 3 is 2.50 bits per heavy atom. The summed E-state index contributed by atoms with van der Waals surface area (Å²) in [5.74, 6) is 0.752. The molecule has 0 heterocycles. The Bertz CT molecular complexity index is 426. The van der Waals surface area contributed by atoms with Crippen LogP contribution < -0.4 is 9.47 Å². The quantitative estimate of drug-likeness (QED) is 0.845. The molecule has 0 fully saturated rings. The average Bonchev–Trinajstić information content (AvgIpc) is 2.30. The third-order valence-corrected chi connectivity index (χ3v) is 3.00. The van der Waals surface area contributed by atoms with Crippen molar-refractivity contribution in [2.45, 2.75) is 26.7 Å². The minimum Gasteiger partial charge on any atom is -0.493 e. The standard InChI is InChI=1S/C14H20O4/c1-9(8-13(15)16)7-11-5-6-12(17-3)14(18-4)10(11)2/h5-6,9H,7-8H2,1-4H3,(H,15,16)/t9-/m1/s1. The van der Waals surface area contributed by atoms with E-state index in [9.17, 15) is 4.79 Å². The fourth-order valence-corrected chi connectivity index (χ4v) is 2.09. The van der Waals surface area contributed by atoms with E-state index in [1.54, 1.807) is 14.2 Å². The summed E-state index contributed by atoms with van der Waals surface area (Å²) in [6, 6.07) is 3.82. The van der Waals surface area contributed by atoms with Gasteiger partial charge < -0.3 is 14.6 Å². The summed E-state index contributed by atoms with van der Waals surface area (Å²) in [5, 5.41) is 8.77. The van der Waals surface area contributed by atoms with Crippen molar-refractivity contribution in [3.8, 4) is 11.5 Å². The smallest absolute Gasteiger partial charge is 0.303 e. The van der Waals surface area contributed by atoms with Gasteiger partial charge in [0.2, 0.25) is 0 Å². The first-order chi connectivity index (χ1) is 8.49. The Hall–Kier alpha value is -1.71. The molecule has 0 saturated heterocycles. The number of aliphatic carboxylic acids is 1. The van der Waals surface area contributed by atoms with Gasteiger partial charge in [-0.2, -0.15) is 0 Å². The second-order valence-corrected chi connectivity index (χ2v) is 4.49. The van der Waals surface area contributed by atoms with Crippen LogP contribution in [0.5, 0.6) is 11.5 Å². The normalized spacial score (nSPS) is 12.0. The lowest BCUT2D eigenvalue weighted by Crippen LogP contribution is -2.08. The number of hydrogen-bond acceptors (Lipinski definition) is 3. The van der Waals surface area contributed by atoms with Crippen molar-refractivity contribution in [3.63, 3.8) is 0 Å². The molecule has 0 saturated carbocycles. The van der Waals surface area contributed by atoms with Crippen LogP contribution in [-0.4, -0.2) is 25.3 Å². The monoisotopic (exact) mass is 252 g/mol. The molecule has 1 aromatic carbocycles. The van der Waals surface area contributed by atoms with E-state index >= 15 is 0 Å². The van der Waals surface area contributed by atoms with Gasteiger partial charge in [-0.05, 0) is 36.5 Å². The van der Waals surface area contributed by atoms with Crippen molar-refractivity contribution < 1.29 is 19.4 Å². The van der Waals surface area contributed by atoms with Crippen LogP contribution in [0.25, 0.3) is 0 Å². The van der Waals surface area contributed by atoms with Gasteiger partial charge in [0.15, 0.2) is 11.5 Å². The fourth-order valence-electron chi connectivity index (χ4n) is 2.09. The summed E-state index contributed by atoms with van der Waals surface area (Å²) in [6.07, 6.45) is 0.895. The maximum Gasteiger partial charge on any atom is 0.303 e. The molecule has 0 aliphatic rings. The zero-order valence-electron chi connectivity index (χ0n) is 11.3. The van der Waals surface area contributed by atoms with Crippen molar-refractivity contribution in [1.82, 2.24) is 0 Å². The number of carboxylic acid groups (broad SMARTS) is 1. The minimum absolute atomic E-state index is 0.0966. The number of carboxylic acids is 1. The van der Waals surface area contributed by atoms with Crippen molar-refractivity contribution >= 4 is 5.97 Å². The summed E-state index contributed by atoms with van der Waals surface area (Å²) in [4.78, 5) is 10.7. The Morgan fingerprint density at radius 1 is 1.33 bits per heavy atom. The molecule has 0 amide bonds. The average molecular weight is 252 g/mol. The second kappa shape index (κ2) is 6.28. The predicted octanol–water partition coefficient (Wildman–Crippen LogP) is 2.67. The van der Waals surface area contributed by atoms with Crippen LogP contribution in [0.3, 0.4) is 0 Å². The van der Waals surface area contributed by atoms with Gasteiger partial charge in [-0.25, -0.2) is 0 Å². The fraction of sp³-hybridized carbons (Fsp3) is 0.500. The van der Waals surface area contributed by atoms with E-state index in [-0.39, 0.29) is 12.3 Å². The summed E-state index contributed by atoms with van der Waals surface area (Å²) in [5.41, 5.74) is 2.11. The Morgan fingerprint density at radius 2 is 2.00 bits per heavy atom. The van der Waals surface area contributed by atoms with Crippen molar-refractivity contribution in [2.75, 3.05) is 14.2 Å². The van der Waals surface area contributed by atoms with Gasteiger partial charge in [-0.3, -0.25) is 4.79 Å². The van der Waals surface area contributed by atoms with E-state index in [1.165, 1.54) is 0 Å². The topological polar surface area (TPSA) is 55.8 Å². The molecule has 4 heteroatoms. The summed E-state index contributed by atoms with van der Waals surface area (Å²) < 4.78 is 10.6. The van der Waals surface area contributed by atoms with E-state index in [0.29, 0.717) is 5.75 Å². The first kappa shape index (κ1) is 14.4. The van der Waals surface area contributed by atoms with Crippen LogP contribution in [0.15, 0.2) is 12.1 Å². The largest absolute Gasteiger partial charge is 0.493 e. The first-order valence-electron chi connectivity index (χ1n) is 5.91. The lowest BCUT2D eigenvalue weighted by atomic mass is 9.94. The van der Waals surface area contributed by atoms with Gasteiger partial charge in [-0.1, -0.05) is 13.0 Å². The number of methoxy groups -OCH3 is 2. The highest BCUT2D eigenvalue weighted by atomic mass is 16.5. The number of carbonyl (C=O) groups is 1. The van der Waals surface area contributed by atoms with Crippen LogP contribution in [0, 0.1) is 12.8 Å². The first-order valence-corrected chi connectivity index (χ1v) is 5.91. The SMILES string of the molecule is COc1ccc(C[C@@H](C)CC(=O)O)c(C)c1OC. The van der Waals surface area contributed by atoms with Gasteiger partial charge in [0.05, 0.1) is 14.2 Å². The van der Waals surface area contributed by atoms with E-state index in [2.05, 4.69) is 0 Å². The molecular weight excluding hydrogens is 232 g/mol. The Labute approximate surface area is 108 Å². The van der Waals surface area contributed by atoms with E-state index < -0.39 is 5.97 Å². The number of hydrogen-bond donors (Lipinski definition) is 1. The molecule has 0 bridgehead atoms. The van der Waals surface area contributed by atoms with E-state index in [1.807, 2.05) is 26.0 Å². The van der Waals surface area contributed by atoms with Crippen LogP contribution in [0.4, 0.5) is 0 Å². The molecule has 100 valence electrons. The molecule has 1 N–H and O–H groups in total. The van der Waals surface area contributed by atoms with Crippen LogP contribution in [-0.2, 0) is 11.2 Å². The van der Waals surface area contributed by atoms with Crippen molar-refractivity contribution in [2.24, 2.45) is 5.92 Å². The van der Waals surface area contributed by atoms with Crippen LogP contribution >= 0.6 is 0 Å². The number of ether oxygens (including phenoxy) is 2. The van der Waals surface area contributed by atoms with Gasteiger partial charge in [0, 0.05) is 6.42 Å². The molecule has 0 aliphatic heterocycles. The third kappa shape index (κ3) is 3.39. The summed E-state index contributed by atoms with van der Waals surface area (Å²) in [6.45, 7) is 3.90. The highest BCUT2D eigenvalue weighted by molar-refractivity contribution is 5.67. The van der Waals surface area contributed by atoms with Gasteiger partial charge >= 0.3 is 5.97 Å². The Kier molecular flexibility index (Phi) is 5.01. The van der Waals surface area contributed by atoms with E-state index in [4.69, 9.17) is 14.6 Å². The molecular formula is C14H20O4. The molecule has 0 spiro atoms. The molecule has 0 radical (unpaired) electrons. The number of benzene rings is 1. The highest BCUT2D eigenvalue weighted by Crippen LogP contribution is 2.33. The molecule has 1 rings (SSSR count). The Balaban J connectivity index is 2.93. The predicted molar refractivity (Wildman–Crippen MR) is 69.4 cm³/mol. The second-order valence-electron chi connectivity index (χ2n) is 4.49. The molecule has 1 atom stereocenters. The van der Waals surface area contributed by atoms with E-state index in [0.717, 1.165) is 23.3 Å². The van der Waals surface area contributed by atoms with Crippen LogP contribution in [0.2, 0.25) is 0 Å². The maximum absolute atomic E-state index is 10.7. The highest BCUT2D eigenvalue weighted by Gasteiger charge is 2.14. The lowest BCUT2D eigenvalue weighted by molar-refractivity contribution is -0.137. The molecule has 18 heavy (non-hydrogen) atoms. The molecule has 0 aliphatic carbocycles. The molecule has 0 aromatic heterocycles. The third-order valence-electron chi connectivity index (χ3n) is 3.00. The van der Waals surface area contributed by atoms with Crippen molar-refractivity contribution in [1.29, 1.82) is 0 Å². The van der Waals surface area contributed by atoms with Gasteiger partial charge in [-0.15, -0.1) is 0 Å². The molecule has 0 unspecified atom stereocenters. The zero-order chi connectivity index (χ0) is 13.7. The lowest BCUT2D eigenvalue weighted by Gasteiger charge is -2.16. The minimum atomic E-state index is -0.763. The van der Waals surface area contributed by atoms with Crippen molar-refractivity contribution in [3.05, 3.63) is 23.3 Å². The number of rotatable bonds is 6. The maximum atomic E-state index is 10.7. The summed E-state index contributed by atoms with van der Waals surface area (Å²) in [7, 11) is 3.21. The zero-order valence-corrected chi connectivity index (χ0v) is 11.3.